The van der Waals surface area contributed by atoms with E-state index in [2.05, 4.69) is 11.6 Å². The topological polar surface area (TPSA) is 69.6 Å². The molecule has 1 saturated heterocycles. The third kappa shape index (κ3) is 3.23. The highest BCUT2D eigenvalue weighted by Gasteiger charge is 2.41. The van der Waals surface area contributed by atoms with Crippen LogP contribution in [0.5, 0.6) is 0 Å². The Labute approximate surface area is 110 Å². The van der Waals surface area contributed by atoms with Gasteiger partial charge in [-0.1, -0.05) is 6.92 Å². The van der Waals surface area contributed by atoms with Crippen molar-refractivity contribution in [3.05, 3.63) is 0 Å². The van der Waals surface area contributed by atoms with Crippen LogP contribution in [0.3, 0.4) is 0 Å². The highest BCUT2D eigenvalue weighted by Crippen LogP contribution is 2.48. The Kier molecular flexibility index (Phi) is 4.31. The maximum absolute atomic E-state index is 12.1. The minimum atomic E-state index is -3.32. The van der Waals surface area contributed by atoms with E-state index in [4.69, 9.17) is 5.11 Å². The van der Waals surface area contributed by atoms with E-state index in [9.17, 15) is 8.42 Å². The normalized spacial score (nSPS) is 25.2. The van der Waals surface area contributed by atoms with Crippen LogP contribution in [0.15, 0.2) is 0 Å². The number of nitrogens with zero attached hydrogens (tertiary/aromatic N) is 1. The summed E-state index contributed by atoms with van der Waals surface area (Å²) in [5.41, 5.74) is 0.233. The predicted octanol–water partition coefficient (Wildman–Crippen LogP) is 0.715. The van der Waals surface area contributed by atoms with Crippen LogP contribution in [0, 0.1) is 11.3 Å². The van der Waals surface area contributed by atoms with Gasteiger partial charge in [-0.3, -0.25) is 0 Å². The largest absolute Gasteiger partial charge is 0.396 e. The van der Waals surface area contributed by atoms with Crippen molar-refractivity contribution in [2.75, 3.05) is 26.2 Å². The molecule has 0 unspecified atom stereocenters. The fourth-order valence-electron chi connectivity index (χ4n) is 2.50. The van der Waals surface area contributed by atoms with Crippen LogP contribution in [0.4, 0.5) is 0 Å². The summed E-state index contributed by atoms with van der Waals surface area (Å²) < 4.78 is 28.5. The SMILES string of the molecule is CCC1(CNS(=O)(=O)N2CCC(CO)CC2)CC1. The number of nitrogens with one attached hydrogen (secondary N) is 1. The average Bonchev–Trinajstić information content (AvgIpc) is 3.17. The maximum Gasteiger partial charge on any atom is 0.279 e. The Bertz CT molecular complexity index is 371. The number of rotatable bonds is 6. The van der Waals surface area contributed by atoms with Gasteiger partial charge in [-0.15, -0.1) is 0 Å². The standard InChI is InChI=1S/C12H24N2O3S/c1-2-12(5-6-12)10-13-18(16,17)14-7-3-11(9-15)4-8-14/h11,13,15H,2-10H2,1H3. The van der Waals surface area contributed by atoms with Crippen molar-refractivity contribution >= 4 is 10.2 Å². The lowest BCUT2D eigenvalue weighted by Crippen LogP contribution is -2.46. The van der Waals surface area contributed by atoms with E-state index in [0.29, 0.717) is 19.6 Å². The van der Waals surface area contributed by atoms with Gasteiger partial charge in [-0.2, -0.15) is 12.7 Å². The Morgan fingerprint density at radius 3 is 2.39 bits per heavy atom. The zero-order chi connectivity index (χ0) is 13.2. The van der Waals surface area contributed by atoms with E-state index < -0.39 is 10.2 Å². The zero-order valence-electron chi connectivity index (χ0n) is 11.1. The van der Waals surface area contributed by atoms with Gasteiger partial charge in [0, 0.05) is 26.2 Å². The summed E-state index contributed by atoms with van der Waals surface area (Å²) in [6, 6.07) is 0. The minimum absolute atomic E-state index is 0.167. The highest BCUT2D eigenvalue weighted by molar-refractivity contribution is 7.87. The molecular weight excluding hydrogens is 252 g/mol. The summed E-state index contributed by atoms with van der Waals surface area (Å²) in [5, 5.41) is 9.05. The van der Waals surface area contributed by atoms with Gasteiger partial charge in [-0.25, -0.2) is 4.72 Å². The van der Waals surface area contributed by atoms with Crippen LogP contribution in [0.25, 0.3) is 0 Å². The molecule has 2 fully saturated rings. The lowest BCUT2D eigenvalue weighted by molar-refractivity contribution is 0.169. The molecule has 1 saturated carbocycles. The van der Waals surface area contributed by atoms with E-state index in [1.807, 2.05) is 0 Å². The quantitative estimate of drug-likeness (QED) is 0.751. The predicted molar refractivity (Wildman–Crippen MR) is 70.3 cm³/mol. The number of hydrogen-bond acceptors (Lipinski definition) is 3. The molecule has 0 aromatic carbocycles. The van der Waals surface area contributed by atoms with Crippen molar-refractivity contribution in [1.82, 2.24) is 9.03 Å². The van der Waals surface area contributed by atoms with Crippen molar-refractivity contribution in [3.8, 4) is 0 Å². The lowest BCUT2D eigenvalue weighted by atomic mass is 10.00. The summed E-state index contributed by atoms with van der Waals surface area (Å²) >= 11 is 0. The van der Waals surface area contributed by atoms with Gasteiger partial charge in [0.2, 0.25) is 0 Å². The van der Waals surface area contributed by atoms with E-state index in [1.54, 1.807) is 0 Å². The molecule has 0 radical (unpaired) electrons. The van der Waals surface area contributed by atoms with E-state index >= 15 is 0 Å². The molecule has 2 N–H and O–H groups in total. The van der Waals surface area contributed by atoms with Crippen LogP contribution in [0.2, 0.25) is 0 Å². The molecule has 1 aliphatic heterocycles. The molecule has 0 bridgehead atoms. The van der Waals surface area contributed by atoms with E-state index in [1.165, 1.54) is 4.31 Å². The van der Waals surface area contributed by atoms with Gasteiger partial charge in [-0.05, 0) is 43.4 Å². The van der Waals surface area contributed by atoms with Crippen molar-refractivity contribution in [2.45, 2.75) is 39.0 Å². The molecule has 2 aliphatic rings. The second kappa shape index (κ2) is 5.45. The van der Waals surface area contributed by atoms with Gasteiger partial charge >= 0.3 is 0 Å². The van der Waals surface area contributed by atoms with Crippen LogP contribution in [-0.4, -0.2) is 44.1 Å². The first kappa shape index (κ1) is 14.2. The second-order valence-electron chi connectivity index (χ2n) is 5.70. The monoisotopic (exact) mass is 276 g/mol. The van der Waals surface area contributed by atoms with Crippen molar-refractivity contribution in [1.29, 1.82) is 0 Å². The average molecular weight is 276 g/mol. The van der Waals surface area contributed by atoms with Crippen LogP contribution in [0.1, 0.15) is 39.0 Å². The number of aliphatic hydroxyl groups excluding tert-OH is 1. The molecule has 0 aromatic rings. The maximum atomic E-state index is 12.1. The third-order valence-electron chi connectivity index (χ3n) is 4.51. The molecule has 5 nitrogen and oxygen atoms in total. The molecule has 0 aromatic heterocycles. The van der Waals surface area contributed by atoms with Crippen LogP contribution in [-0.2, 0) is 10.2 Å². The first-order valence-corrected chi connectivity index (χ1v) is 8.31. The molecule has 0 amide bonds. The van der Waals surface area contributed by atoms with Gasteiger partial charge in [0.15, 0.2) is 0 Å². The fourth-order valence-corrected chi connectivity index (χ4v) is 3.86. The Hall–Kier alpha value is -0.170. The zero-order valence-corrected chi connectivity index (χ0v) is 11.9. The molecule has 2 rings (SSSR count). The van der Waals surface area contributed by atoms with Crippen molar-refractivity contribution in [3.63, 3.8) is 0 Å². The van der Waals surface area contributed by atoms with Gasteiger partial charge < -0.3 is 5.11 Å². The Morgan fingerprint density at radius 1 is 1.33 bits per heavy atom. The van der Waals surface area contributed by atoms with Gasteiger partial charge in [0.05, 0.1) is 0 Å². The van der Waals surface area contributed by atoms with E-state index in [0.717, 1.165) is 32.1 Å². The molecule has 106 valence electrons. The summed E-state index contributed by atoms with van der Waals surface area (Å²) in [7, 11) is -3.32. The smallest absolute Gasteiger partial charge is 0.279 e. The first-order valence-electron chi connectivity index (χ1n) is 6.87. The Balaban J connectivity index is 1.83. The first-order chi connectivity index (χ1) is 8.51. The van der Waals surface area contributed by atoms with Crippen molar-refractivity contribution in [2.24, 2.45) is 11.3 Å². The number of piperidine rings is 1. The summed E-state index contributed by atoms with van der Waals surface area (Å²) in [6.45, 7) is 3.92. The second-order valence-corrected chi connectivity index (χ2v) is 7.46. The van der Waals surface area contributed by atoms with Crippen LogP contribution < -0.4 is 4.72 Å². The highest BCUT2D eigenvalue weighted by atomic mass is 32.2. The summed E-state index contributed by atoms with van der Waals surface area (Å²) in [5.74, 6) is 0.266. The molecule has 0 atom stereocenters. The van der Waals surface area contributed by atoms with E-state index in [-0.39, 0.29) is 17.9 Å². The molecule has 1 heterocycles. The number of aliphatic hydroxyl groups is 1. The summed E-state index contributed by atoms with van der Waals surface area (Å²) in [6.07, 6.45) is 4.84. The summed E-state index contributed by atoms with van der Waals surface area (Å²) in [4.78, 5) is 0. The van der Waals surface area contributed by atoms with Crippen LogP contribution >= 0.6 is 0 Å². The van der Waals surface area contributed by atoms with Gasteiger partial charge in [0.25, 0.3) is 10.2 Å². The lowest BCUT2D eigenvalue weighted by Gasteiger charge is -2.30. The molecule has 6 heteroatoms. The Morgan fingerprint density at radius 2 is 1.94 bits per heavy atom. The molecule has 18 heavy (non-hydrogen) atoms. The fraction of sp³-hybridized carbons (Fsp3) is 1.00. The minimum Gasteiger partial charge on any atom is -0.396 e. The van der Waals surface area contributed by atoms with Crippen molar-refractivity contribution < 1.29 is 13.5 Å². The third-order valence-corrected chi connectivity index (χ3v) is 6.06. The molecule has 1 aliphatic carbocycles. The van der Waals surface area contributed by atoms with Gasteiger partial charge in [0.1, 0.15) is 0 Å². The molecular formula is C12H24N2O3S. The molecule has 0 spiro atoms. The number of hydrogen-bond donors (Lipinski definition) is 2.